The molecule has 0 spiro atoms. The molecule has 0 radical (unpaired) electrons. The molecule has 32 heavy (non-hydrogen) atoms. The summed E-state index contributed by atoms with van der Waals surface area (Å²) >= 11 is 0. The average Bonchev–Trinajstić information content (AvgIpc) is 3.23. The summed E-state index contributed by atoms with van der Waals surface area (Å²) in [5, 5.41) is 6.23. The third-order valence-corrected chi connectivity index (χ3v) is 19.4. The third-order valence-electron chi connectivity index (χ3n) is 7.22. The molecule has 0 aliphatic carbocycles. The van der Waals surface area contributed by atoms with Crippen molar-refractivity contribution >= 4 is 37.2 Å². The summed E-state index contributed by atoms with van der Waals surface area (Å²) in [6, 6.07) is 48.4. The molecule has 4 aromatic carbocycles. The molecule has 3 heteroatoms. The molecular weight excluding hydrogens is 418 g/mol. The van der Waals surface area contributed by atoms with E-state index >= 15 is 0 Å². The molecule has 5 rings (SSSR count). The van der Waals surface area contributed by atoms with Crippen LogP contribution in [0, 0.1) is 0 Å². The minimum atomic E-state index is -2.14. The molecule has 160 valence electrons. The van der Waals surface area contributed by atoms with Crippen molar-refractivity contribution in [1.29, 1.82) is 0 Å². The standard InChI is InChI=1S/C29H31NSi2/c1-2-23-30-31(26-15-7-3-8-16-26,27-17-9-4-10-18-27)24-25-32(30,28-19-11-5-12-20-28)29-21-13-6-14-22-29/h3-22H,2,23-25H2,1H3. The predicted octanol–water partition coefficient (Wildman–Crippen LogP) is 4.23. The monoisotopic (exact) mass is 449 g/mol. The minimum absolute atomic E-state index is 1.14. The highest BCUT2D eigenvalue weighted by atomic mass is 28.4. The molecular formula is C29H31NSi2. The smallest absolute Gasteiger partial charge is 0.186 e. The molecule has 0 saturated carbocycles. The maximum atomic E-state index is 3.09. The van der Waals surface area contributed by atoms with Crippen LogP contribution in [0.15, 0.2) is 121 Å². The zero-order valence-corrected chi connectivity index (χ0v) is 20.8. The third kappa shape index (κ3) is 3.32. The Morgan fingerprint density at radius 2 is 0.781 bits per heavy atom. The molecule has 0 unspecified atom stereocenters. The lowest BCUT2D eigenvalue weighted by atomic mass is 10.4. The summed E-state index contributed by atoms with van der Waals surface area (Å²) in [6.07, 6.45) is 1.17. The first-order valence-electron chi connectivity index (χ1n) is 11.8. The Kier molecular flexibility index (Phi) is 5.96. The van der Waals surface area contributed by atoms with E-state index in [-0.39, 0.29) is 0 Å². The van der Waals surface area contributed by atoms with Crippen LogP contribution in [0.5, 0.6) is 0 Å². The highest BCUT2D eigenvalue weighted by molar-refractivity contribution is 7.17. The van der Waals surface area contributed by atoms with Crippen LogP contribution in [0.4, 0.5) is 0 Å². The topological polar surface area (TPSA) is 3.24 Å². The predicted molar refractivity (Wildman–Crippen MR) is 142 cm³/mol. The van der Waals surface area contributed by atoms with E-state index in [9.17, 15) is 0 Å². The largest absolute Gasteiger partial charge is 0.331 e. The molecule has 0 atom stereocenters. The molecule has 1 fully saturated rings. The fourth-order valence-electron chi connectivity index (χ4n) is 5.95. The molecule has 1 aliphatic heterocycles. The maximum Gasteiger partial charge on any atom is 0.186 e. The van der Waals surface area contributed by atoms with Crippen molar-refractivity contribution in [3.63, 3.8) is 0 Å². The van der Waals surface area contributed by atoms with Gasteiger partial charge in [0.25, 0.3) is 0 Å². The minimum Gasteiger partial charge on any atom is -0.331 e. The van der Waals surface area contributed by atoms with Gasteiger partial charge in [-0.15, -0.1) is 0 Å². The van der Waals surface area contributed by atoms with Crippen LogP contribution in [-0.4, -0.2) is 27.2 Å². The van der Waals surface area contributed by atoms with Gasteiger partial charge in [-0.2, -0.15) is 0 Å². The van der Waals surface area contributed by atoms with Gasteiger partial charge in [-0.25, -0.2) is 0 Å². The SMILES string of the molecule is CCCN1[Si](c2ccccc2)(c2ccccc2)CC[Si]1(c1ccccc1)c1ccccc1. The lowest BCUT2D eigenvalue weighted by Crippen LogP contribution is -2.78. The molecule has 0 aromatic heterocycles. The number of hydrogen-bond donors (Lipinski definition) is 0. The normalized spacial score (nSPS) is 17.3. The van der Waals surface area contributed by atoms with Gasteiger partial charge in [0, 0.05) is 0 Å². The second kappa shape index (κ2) is 9.03. The van der Waals surface area contributed by atoms with Crippen molar-refractivity contribution in [2.24, 2.45) is 0 Å². The summed E-state index contributed by atoms with van der Waals surface area (Å²) in [5.41, 5.74) is 0. The summed E-state index contributed by atoms with van der Waals surface area (Å²) in [7, 11) is -4.28. The summed E-state index contributed by atoms with van der Waals surface area (Å²) in [6.45, 7) is 3.49. The number of rotatable bonds is 6. The Bertz CT molecular complexity index is 961. The van der Waals surface area contributed by atoms with Crippen LogP contribution in [0.1, 0.15) is 13.3 Å². The van der Waals surface area contributed by atoms with Gasteiger partial charge in [0.1, 0.15) is 0 Å². The number of nitrogens with zero attached hydrogens (tertiary/aromatic N) is 1. The Morgan fingerprint density at radius 1 is 0.500 bits per heavy atom. The Morgan fingerprint density at radius 3 is 1.03 bits per heavy atom. The van der Waals surface area contributed by atoms with Gasteiger partial charge < -0.3 is 4.23 Å². The molecule has 1 heterocycles. The molecule has 1 saturated heterocycles. The van der Waals surface area contributed by atoms with E-state index in [1.54, 1.807) is 20.7 Å². The fraction of sp³-hybridized carbons (Fsp3) is 0.172. The lowest BCUT2D eigenvalue weighted by Gasteiger charge is -2.46. The van der Waals surface area contributed by atoms with E-state index in [0.717, 1.165) is 6.54 Å². The van der Waals surface area contributed by atoms with Crippen LogP contribution in [-0.2, 0) is 0 Å². The molecule has 4 aromatic rings. The molecule has 1 nitrogen and oxygen atoms in total. The highest BCUT2D eigenvalue weighted by Crippen LogP contribution is 2.37. The second-order valence-electron chi connectivity index (χ2n) is 8.84. The van der Waals surface area contributed by atoms with Crippen molar-refractivity contribution < 1.29 is 0 Å². The zero-order chi connectivity index (χ0) is 21.9. The van der Waals surface area contributed by atoms with Crippen LogP contribution in [0.3, 0.4) is 0 Å². The zero-order valence-electron chi connectivity index (χ0n) is 18.8. The van der Waals surface area contributed by atoms with Crippen LogP contribution in [0.2, 0.25) is 12.1 Å². The first kappa shape index (κ1) is 21.1. The Labute approximate surface area is 194 Å². The average molecular weight is 450 g/mol. The van der Waals surface area contributed by atoms with E-state index in [0.29, 0.717) is 0 Å². The van der Waals surface area contributed by atoms with E-state index in [1.165, 1.54) is 18.5 Å². The Hall–Kier alpha value is -2.73. The van der Waals surface area contributed by atoms with E-state index in [2.05, 4.69) is 132 Å². The van der Waals surface area contributed by atoms with Gasteiger partial charge in [0.15, 0.2) is 16.5 Å². The van der Waals surface area contributed by atoms with E-state index in [1.807, 2.05) is 0 Å². The van der Waals surface area contributed by atoms with E-state index < -0.39 is 16.5 Å². The molecule has 0 bridgehead atoms. The van der Waals surface area contributed by atoms with E-state index in [4.69, 9.17) is 0 Å². The number of benzene rings is 4. The van der Waals surface area contributed by atoms with Crippen LogP contribution in [0.25, 0.3) is 0 Å². The van der Waals surface area contributed by atoms with Gasteiger partial charge in [-0.3, -0.25) is 0 Å². The first-order valence-corrected chi connectivity index (χ1v) is 16.1. The van der Waals surface area contributed by atoms with Crippen LogP contribution >= 0.6 is 0 Å². The second-order valence-corrected chi connectivity index (χ2v) is 17.1. The van der Waals surface area contributed by atoms with Gasteiger partial charge in [-0.05, 0) is 45.8 Å². The maximum absolute atomic E-state index is 3.09. The lowest BCUT2D eigenvalue weighted by molar-refractivity contribution is 0.628. The first-order chi connectivity index (χ1) is 15.8. The van der Waals surface area contributed by atoms with Crippen molar-refractivity contribution in [3.8, 4) is 0 Å². The van der Waals surface area contributed by atoms with Crippen LogP contribution < -0.4 is 20.7 Å². The quantitative estimate of drug-likeness (QED) is 0.398. The van der Waals surface area contributed by atoms with Crippen molar-refractivity contribution in [3.05, 3.63) is 121 Å². The van der Waals surface area contributed by atoms with Crippen molar-refractivity contribution in [1.82, 2.24) is 4.23 Å². The fourth-order valence-corrected chi connectivity index (χ4v) is 21.5. The van der Waals surface area contributed by atoms with Gasteiger partial charge in [0.05, 0.1) is 0 Å². The van der Waals surface area contributed by atoms with Gasteiger partial charge in [0.2, 0.25) is 0 Å². The summed E-state index contributed by atoms with van der Waals surface area (Å²) in [5.74, 6) is 0. The summed E-state index contributed by atoms with van der Waals surface area (Å²) < 4.78 is 3.09. The number of hydrogen-bond acceptors (Lipinski definition) is 1. The van der Waals surface area contributed by atoms with Crippen molar-refractivity contribution in [2.75, 3.05) is 6.54 Å². The van der Waals surface area contributed by atoms with Crippen molar-refractivity contribution in [2.45, 2.75) is 25.4 Å². The summed E-state index contributed by atoms with van der Waals surface area (Å²) in [4.78, 5) is 0. The van der Waals surface area contributed by atoms with Gasteiger partial charge in [-0.1, -0.05) is 128 Å². The molecule has 0 amide bonds. The van der Waals surface area contributed by atoms with Gasteiger partial charge >= 0.3 is 0 Å². The molecule has 0 N–H and O–H groups in total. The Balaban J connectivity index is 1.82. The molecule has 1 aliphatic rings. The highest BCUT2D eigenvalue weighted by Gasteiger charge is 2.60.